The van der Waals surface area contributed by atoms with Crippen molar-refractivity contribution >= 4 is 11.7 Å². The highest BCUT2D eigenvalue weighted by atomic mass is 16.1. The summed E-state index contributed by atoms with van der Waals surface area (Å²) in [6.45, 7) is 4.50. The maximum atomic E-state index is 12.6. The molecule has 5 nitrogen and oxygen atoms in total. The molecule has 1 amide bonds. The van der Waals surface area contributed by atoms with Crippen molar-refractivity contribution in [3.05, 3.63) is 54.0 Å². The van der Waals surface area contributed by atoms with Crippen molar-refractivity contribution in [1.82, 2.24) is 15.3 Å². The van der Waals surface area contributed by atoms with E-state index in [4.69, 9.17) is 0 Å². The predicted octanol–water partition coefficient (Wildman–Crippen LogP) is 3.28. The smallest absolute Gasteiger partial charge is 0.227 e. The number of hydrogen-bond donors (Lipinski definition) is 1. The van der Waals surface area contributed by atoms with Crippen LogP contribution in [0.1, 0.15) is 49.9 Å². The minimum Gasteiger partial charge on any atom is -0.357 e. The second-order valence-corrected chi connectivity index (χ2v) is 6.47. The molecule has 1 N–H and O–H groups in total. The number of aromatic nitrogens is 2. The zero-order valence-corrected chi connectivity index (χ0v) is 14.8. The first-order valence-electron chi connectivity index (χ1n) is 9.17. The van der Waals surface area contributed by atoms with Crippen LogP contribution in [0.25, 0.3) is 0 Å². The van der Waals surface area contributed by atoms with Gasteiger partial charge in [0.15, 0.2) is 0 Å². The zero-order chi connectivity index (χ0) is 17.5. The molecule has 5 heteroatoms. The molecule has 1 aromatic carbocycles. The van der Waals surface area contributed by atoms with E-state index in [-0.39, 0.29) is 11.8 Å². The first kappa shape index (κ1) is 17.4. The summed E-state index contributed by atoms with van der Waals surface area (Å²) in [4.78, 5) is 23.8. The molecule has 1 fully saturated rings. The minimum atomic E-state index is -0.133. The van der Waals surface area contributed by atoms with Gasteiger partial charge in [-0.15, -0.1) is 0 Å². The fourth-order valence-corrected chi connectivity index (χ4v) is 3.32. The molecule has 2 heterocycles. The van der Waals surface area contributed by atoms with Crippen LogP contribution in [0.3, 0.4) is 0 Å². The number of nitrogens with zero attached hydrogens (tertiary/aromatic N) is 3. The van der Waals surface area contributed by atoms with Crippen molar-refractivity contribution in [1.29, 1.82) is 0 Å². The van der Waals surface area contributed by atoms with E-state index in [1.54, 1.807) is 6.20 Å². The number of amides is 1. The highest BCUT2D eigenvalue weighted by molar-refractivity contribution is 5.83. The van der Waals surface area contributed by atoms with Gasteiger partial charge >= 0.3 is 0 Å². The van der Waals surface area contributed by atoms with Crippen molar-refractivity contribution in [2.24, 2.45) is 0 Å². The van der Waals surface area contributed by atoms with Crippen LogP contribution in [0, 0.1) is 0 Å². The van der Waals surface area contributed by atoms with Crippen molar-refractivity contribution in [2.45, 2.75) is 45.1 Å². The molecule has 132 valence electrons. The van der Waals surface area contributed by atoms with Gasteiger partial charge in [0.05, 0.1) is 12.5 Å². The fourth-order valence-electron chi connectivity index (χ4n) is 3.32. The van der Waals surface area contributed by atoms with Gasteiger partial charge < -0.3 is 10.2 Å². The van der Waals surface area contributed by atoms with Crippen LogP contribution in [0.15, 0.2) is 42.6 Å². The molecular weight excluding hydrogens is 312 g/mol. The molecule has 3 rings (SSSR count). The second kappa shape index (κ2) is 8.60. The molecule has 1 aliphatic rings. The summed E-state index contributed by atoms with van der Waals surface area (Å²) in [7, 11) is 0. The third-order valence-corrected chi connectivity index (χ3v) is 4.72. The van der Waals surface area contributed by atoms with Crippen LogP contribution in [0.4, 0.5) is 5.82 Å². The van der Waals surface area contributed by atoms with E-state index in [9.17, 15) is 4.79 Å². The third-order valence-electron chi connectivity index (χ3n) is 4.72. The molecule has 2 aromatic rings. The van der Waals surface area contributed by atoms with E-state index in [0.29, 0.717) is 12.4 Å². The number of anilines is 1. The number of nitrogens with one attached hydrogen (secondary N) is 1. The molecule has 1 saturated heterocycles. The Bertz CT molecular complexity index is 683. The third kappa shape index (κ3) is 4.56. The maximum Gasteiger partial charge on any atom is 0.227 e. The van der Waals surface area contributed by atoms with Crippen LogP contribution < -0.4 is 10.2 Å². The van der Waals surface area contributed by atoms with Crippen molar-refractivity contribution in [3.63, 3.8) is 0 Å². The van der Waals surface area contributed by atoms with E-state index < -0.39 is 0 Å². The summed E-state index contributed by atoms with van der Waals surface area (Å²) in [5, 5.41) is 3.00. The Hall–Kier alpha value is -2.43. The molecule has 1 atom stereocenters. The molecular formula is C20H26N4O. The van der Waals surface area contributed by atoms with E-state index in [1.165, 1.54) is 19.3 Å². The molecule has 25 heavy (non-hydrogen) atoms. The predicted molar refractivity (Wildman–Crippen MR) is 99.4 cm³/mol. The number of carbonyl (C=O) groups excluding carboxylic acids is 1. The van der Waals surface area contributed by atoms with Crippen LogP contribution in [0.5, 0.6) is 0 Å². The Balaban J connectivity index is 1.61. The largest absolute Gasteiger partial charge is 0.357 e. The molecule has 0 saturated carbocycles. The van der Waals surface area contributed by atoms with Crippen LogP contribution >= 0.6 is 0 Å². The number of piperidine rings is 1. The summed E-state index contributed by atoms with van der Waals surface area (Å²) in [5.41, 5.74) is 1.05. The maximum absolute atomic E-state index is 12.6. The highest BCUT2D eigenvalue weighted by Crippen LogP contribution is 2.20. The molecule has 1 aliphatic heterocycles. The van der Waals surface area contributed by atoms with Gasteiger partial charge in [0, 0.05) is 19.3 Å². The topological polar surface area (TPSA) is 58.1 Å². The average Bonchev–Trinajstić information content (AvgIpc) is 2.69. The SMILES string of the molecule is CC[C@H](C(=O)NCc1nccc(N2CCCCC2)n1)c1ccccc1. The molecule has 1 aromatic heterocycles. The van der Waals surface area contributed by atoms with Gasteiger partial charge in [0.1, 0.15) is 11.6 Å². The monoisotopic (exact) mass is 338 g/mol. The molecule has 0 unspecified atom stereocenters. The number of hydrogen-bond acceptors (Lipinski definition) is 4. The van der Waals surface area contributed by atoms with E-state index in [0.717, 1.165) is 30.9 Å². The Morgan fingerprint density at radius 2 is 1.92 bits per heavy atom. The van der Waals surface area contributed by atoms with Gasteiger partial charge in [-0.2, -0.15) is 0 Å². The Kier molecular flexibility index (Phi) is 5.99. The van der Waals surface area contributed by atoms with Crippen molar-refractivity contribution < 1.29 is 4.79 Å². The fraction of sp³-hybridized carbons (Fsp3) is 0.450. The van der Waals surface area contributed by atoms with Gasteiger partial charge in [0.2, 0.25) is 5.91 Å². The van der Waals surface area contributed by atoms with Crippen LogP contribution in [-0.4, -0.2) is 29.0 Å². The van der Waals surface area contributed by atoms with Crippen molar-refractivity contribution in [3.8, 4) is 0 Å². The summed E-state index contributed by atoms with van der Waals surface area (Å²) in [6, 6.07) is 11.9. The van der Waals surface area contributed by atoms with Gasteiger partial charge in [-0.05, 0) is 37.3 Å². The number of carbonyl (C=O) groups is 1. The van der Waals surface area contributed by atoms with Gasteiger partial charge in [-0.3, -0.25) is 4.79 Å². The summed E-state index contributed by atoms with van der Waals surface area (Å²) >= 11 is 0. The zero-order valence-electron chi connectivity index (χ0n) is 14.8. The summed E-state index contributed by atoms with van der Waals surface area (Å²) in [5.74, 6) is 1.53. The summed E-state index contributed by atoms with van der Waals surface area (Å²) < 4.78 is 0. The number of benzene rings is 1. The Morgan fingerprint density at radius 1 is 1.16 bits per heavy atom. The lowest BCUT2D eigenvalue weighted by Crippen LogP contribution is -2.32. The second-order valence-electron chi connectivity index (χ2n) is 6.47. The van der Waals surface area contributed by atoms with Gasteiger partial charge in [0.25, 0.3) is 0 Å². The van der Waals surface area contributed by atoms with Crippen molar-refractivity contribution in [2.75, 3.05) is 18.0 Å². The van der Waals surface area contributed by atoms with Gasteiger partial charge in [-0.25, -0.2) is 9.97 Å². The Labute approximate surface area is 149 Å². The molecule has 0 radical (unpaired) electrons. The molecule has 0 bridgehead atoms. The first-order chi connectivity index (χ1) is 12.3. The normalized spacial score (nSPS) is 15.6. The highest BCUT2D eigenvalue weighted by Gasteiger charge is 2.18. The van der Waals surface area contributed by atoms with E-state index in [1.807, 2.05) is 43.3 Å². The van der Waals surface area contributed by atoms with Gasteiger partial charge in [-0.1, -0.05) is 37.3 Å². The Morgan fingerprint density at radius 3 is 2.64 bits per heavy atom. The standard InChI is InChI=1S/C20H26N4O/c1-2-17(16-9-5-3-6-10-16)20(25)22-15-18-21-12-11-19(23-18)24-13-7-4-8-14-24/h3,5-6,9-12,17H,2,4,7-8,13-15H2,1H3,(H,22,25)/t17-/m0/s1. The van der Waals surface area contributed by atoms with E-state index >= 15 is 0 Å². The van der Waals surface area contributed by atoms with E-state index in [2.05, 4.69) is 20.2 Å². The first-order valence-corrected chi connectivity index (χ1v) is 9.17. The summed E-state index contributed by atoms with van der Waals surface area (Å²) in [6.07, 6.45) is 6.27. The lowest BCUT2D eigenvalue weighted by atomic mass is 9.96. The van der Waals surface area contributed by atoms with Crippen LogP contribution in [0.2, 0.25) is 0 Å². The van der Waals surface area contributed by atoms with Crippen LogP contribution in [-0.2, 0) is 11.3 Å². The minimum absolute atomic E-state index is 0.0284. The molecule has 0 aliphatic carbocycles. The molecule has 0 spiro atoms. The quantitative estimate of drug-likeness (QED) is 0.878. The number of rotatable bonds is 6. The lowest BCUT2D eigenvalue weighted by Gasteiger charge is -2.27. The lowest BCUT2D eigenvalue weighted by molar-refractivity contribution is -0.122. The average molecular weight is 338 g/mol.